The van der Waals surface area contributed by atoms with Crippen molar-refractivity contribution in [2.75, 3.05) is 0 Å². The average Bonchev–Trinajstić information content (AvgIpc) is 1.52. The first-order valence-electron chi connectivity index (χ1n) is 43.0. The number of aromatic amines is 1. The number of nitrogens with zero attached hydrogens (tertiary/aromatic N) is 11. The van der Waals surface area contributed by atoms with Gasteiger partial charge in [-0.15, -0.1) is 0 Å². The number of aromatic nitrogens is 12. The van der Waals surface area contributed by atoms with Gasteiger partial charge >= 0.3 is 0 Å². The van der Waals surface area contributed by atoms with Gasteiger partial charge in [-0.3, -0.25) is 0 Å². The number of benzene rings is 18. The third-order valence-electron chi connectivity index (χ3n) is 24.7. The van der Waals surface area contributed by atoms with Gasteiger partial charge < -0.3 is 27.8 Å². The van der Waals surface area contributed by atoms with Crippen molar-refractivity contribution in [3.05, 3.63) is 440 Å². The van der Waals surface area contributed by atoms with Crippen LogP contribution in [0.15, 0.2) is 417 Å². The van der Waals surface area contributed by atoms with Crippen molar-refractivity contribution in [2.24, 2.45) is 0 Å². The highest BCUT2D eigenvalue weighted by atomic mass is 79.9. The highest BCUT2D eigenvalue weighted by Gasteiger charge is 2.32. The summed E-state index contributed by atoms with van der Waals surface area (Å²) >= 11 is 3.47. The summed E-state index contributed by atoms with van der Waals surface area (Å²) in [5.74, 6) is 2.63. The van der Waals surface area contributed by atoms with Crippen molar-refractivity contribution in [3.63, 3.8) is 0 Å². The van der Waals surface area contributed by atoms with Crippen LogP contribution in [0, 0.1) is 23.3 Å². The van der Waals surface area contributed by atoms with Crippen LogP contribution in [-0.4, -0.2) is 57.7 Å². The zero-order valence-electron chi connectivity index (χ0n) is 69.6. The summed E-state index contributed by atoms with van der Waals surface area (Å²) in [5.41, 5.74) is 22.2. The lowest BCUT2D eigenvalue weighted by Gasteiger charge is -2.14. The number of para-hydroxylation sites is 6. The normalized spacial score (nSPS) is 11.7. The van der Waals surface area contributed by atoms with Gasteiger partial charge in [0.25, 0.3) is 0 Å². The molecule has 0 radical (unpaired) electrons. The molecule has 0 saturated carbocycles. The van der Waals surface area contributed by atoms with E-state index in [1.807, 2.05) is 218 Å². The predicted molar refractivity (Wildman–Crippen MR) is 527 cm³/mol. The maximum Gasteiger partial charge on any atom is 0.164 e. The quantitative estimate of drug-likeness (QED) is 0.129. The van der Waals surface area contributed by atoms with Gasteiger partial charge in [-0.2, -0.15) is 0 Å². The second kappa shape index (κ2) is 31.8. The van der Waals surface area contributed by atoms with Crippen LogP contribution >= 0.6 is 15.9 Å². The Bertz CT molecular complexity index is 8700. The Kier molecular flexibility index (Phi) is 18.8. The minimum Gasteiger partial charge on any atom is -0.354 e. The molecule has 8 aromatic heterocycles. The van der Waals surface area contributed by atoms with E-state index in [0.717, 1.165) is 197 Å². The van der Waals surface area contributed by atoms with Crippen LogP contribution in [0.1, 0.15) is 0 Å². The number of hydrogen-bond donors (Lipinski definition) is 1. The third kappa shape index (κ3) is 13.2. The van der Waals surface area contributed by atoms with Crippen LogP contribution in [0.25, 0.3) is 228 Å². The second-order valence-electron chi connectivity index (χ2n) is 32.3. The molecule has 0 atom stereocenters. The van der Waals surface area contributed by atoms with Crippen LogP contribution in [0.5, 0.6) is 0 Å². The lowest BCUT2D eigenvalue weighted by atomic mass is 10.0. The summed E-state index contributed by atoms with van der Waals surface area (Å²) in [6.45, 7) is 0. The van der Waals surface area contributed by atoms with E-state index >= 15 is 0 Å². The lowest BCUT2D eigenvalue weighted by Crippen LogP contribution is -2.00. The first-order chi connectivity index (χ1) is 64.6. The summed E-state index contributed by atoms with van der Waals surface area (Å²) in [6.07, 6.45) is 0. The zero-order valence-corrected chi connectivity index (χ0v) is 71.2. The number of halogens is 5. The van der Waals surface area contributed by atoms with E-state index in [4.69, 9.17) is 24.9 Å². The van der Waals surface area contributed by atoms with Crippen molar-refractivity contribution < 1.29 is 17.6 Å². The molecule has 0 spiro atoms. The van der Waals surface area contributed by atoms with Gasteiger partial charge in [-0.1, -0.05) is 259 Å². The molecule has 0 fully saturated rings. The Morgan fingerprint density at radius 1 is 0.191 bits per heavy atom. The molecule has 0 amide bonds. The number of fused-ring (bicyclic) bond motifs is 24. The van der Waals surface area contributed by atoms with Crippen LogP contribution in [0.2, 0.25) is 0 Å². The van der Waals surface area contributed by atoms with E-state index in [9.17, 15) is 17.6 Å². The Hall–Kier alpha value is -17.0. The molecule has 131 heavy (non-hydrogen) atoms. The zero-order chi connectivity index (χ0) is 87.5. The second-order valence-corrected chi connectivity index (χ2v) is 33.3. The van der Waals surface area contributed by atoms with Crippen LogP contribution in [0.4, 0.5) is 17.6 Å². The first kappa shape index (κ1) is 77.5. The minimum atomic E-state index is -0.303. The Morgan fingerprint density at radius 3 is 0.664 bits per heavy atom. The number of hydrogen-bond acceptors (Lipinski definition) is 6. The molecular formula is C114H69BrF4N12. The minimum absolute atomic E-state index is 0.273. The van der Waals surface area contributed by atoms with Crippen molar-refractivity contribution in [1.29, 1.82) is 0 Å². The largest absolute Gasteiger partial charge is 0.354 e. The molecule has 8 heterocycles. The fraction of sp³-hybridized carbons (Fsp3) is 0. The smallest absolute Gasteiger partial charge is 0.164 e. The summed E-state index contributed by atoms with van der Waals surface area (Å²) < 4.78 is 70.0. The molecule has 18 aromatic carbocycles. The average molecular weight is 1760 g/mol. The summed E-state index contributed by atoms with van der Waals surface area (Å²) in [4.78, 5) is 32.8. The van der Waals surface area contributed by atoms with Crippen molar-refractivity contribution >= 4 is 147 Å². The van der Waals surface area contributed by atoms with E-state index in [-0.39, 0.29) is 23.3 Å². The fourth-order valence-electron chi connectivity index (χ4n) is 19.1. The molecule has 12 nitrogen and oxygen atoms in total. The van der Waals surface area contributed by atoms with Gasteiger partial charge in [-0.05, 0) is 170 Å². The number of H-pyrrole nitrogens is 1. The first-order valence-corrected chi connectivity index (χ1v) is 43.8. The van der Waals surface area contributed by atoms with Gasteiger partial charge in [0.2, 0.25) is 0 Å². The van der Waals surface area contributed by atoms with E-state index in [0.29, 0.717) is 34.9 Å². The van der Waals surface area contributed by atoms with Crippen LogP contribution in [-0.2, 0) is 0 Å². The summed E-state index contributed by atoms with van der Waals surface area (Å²) in [7, 11) is 0. The van der Waals surface area contributed by atoms with Crippen molar-refractivity contribution in [1.82, 2.24) is 57.7 Å². The van der Waals surface area contributed by atoms with Crippen LogP contribution < -0.4 is 0 Å². The van der Waals surface area contributed by atoms with E-state index in [2.05, 4.69) is 194 Å². The highest BCUT2D eigenvalue weighted by molar-refractivity contribution is 9.10. The molecule has 26 rings (SSSR count). The molecule has 0 saturated heterocycles. The van der Waals surface area contributed by atoms with Crippen LogP contribution in [0.3, 0.4) is 0 Å². The molecule has 0 bridgehead atoms. The number of nitrogens with one attached hydrogen (secondary N) is 1. The molecule has 0 aliphatic carbocycles. The molecule has 0 unspecified atom stereocenters. The van der Waals surface area contributed by atoms with Gasteiger partial charge in [-0.25, -0.2) is 47.5 Å². The van der Waals surface area contributed by atoms with Crippen molar-refractivity contribution in [2.45, 2.75) is 0 Å². The standard InChI is InChI=1S/C57H34F2N6.C36H21F2N3.C21H14BrN3/c58-38-25-31-41(32-26-38)64-47-21-11-8-18-44(47)50-52-49(53-51(54(50)64)45-19-9-12-22-48(45)65(53)42-33-27-39(59)28-34-42)43-17-7-10-20-46(43)63(52)40-29-23-37(24-30-40)57-61-55(35-13-3-1-4-14-35)60-56(62-57)36-15-5-2-6-16-36;37-21-13-17-23(18-14-21)40-29-11-5-2-8-26(29)32-34-31(25-7-1-4-10-28(25)39-34)35-33(36(32)40)27-9-3-6-12-30(27)41(35)24-19-15-22(38)16-20-24;22-18-13-11-17(12-14-18)21-24-19(15-7-3-1-4-8-15)23-20(25-21)16-9-5-2-6-10-16/h1-34H;1-20,39H;1-14H. The number of rotatable bonds is 11. The van der Waals surface area contributed by atoms with E-state index < -0.39 is 0 Å². The molecule has 0 aliphatic rings. The Labute approximate surface area is 754 Å². The van der Waals surface area contributed by atoms with Gasteiger partial charge in [0.05, 0.1) is 60.7 Å². The van der Waals surface area contributed by atoms with E-state index in [1.165, 1.54) is 48.5 Å². The van der Waals surface area contributed by atoms with E-state index in [1.54, 1.807) is 0 Å². The molecule has 26 aromatic rings. The van der Waals surface area contributed by atoms with Crippen molar-refractivity contribution in [3.8, 4) is 96.8 Å². The highest BCUT2D eigenvalue weighted by Crippen LogP contribution is 2.53. The lowest BCUT2D eigenvalue weighted by molar-refractivity contribution is 0.627. The van der Waals surface area contributed by atoms with Gasteiger partial charge in [0, 0.05) is 136 Å². The third-order valence-corrected chi connectivity index (χ3v) is 25.3. The Balaban J connectivity index is 0.000000122. The summed E-state index contributed by atoms with van der Waals surface area (Å²) in [5, 5.41) is 13.0. The summed E-state index contributed by atoms with van der Waals surface area (Å²) in [6, 6.07) is 134. The topological polar surface area (TPSA) is 118 Å². The SMILES string of the molecule is Brc1ccc(-c2nc(-c3ccccc3)nc(-c3ccccc3)n2)cc1.Fc1ccc(-n2c3ccccc3c3c2c2c4ccccc4n(-c4ccc(-c5nc(-c6ccccc6)nc(-c6ccccc6)n5)cc4)c2c2c4ccccc4n(-c4ccc(F)cc4)c32)cc1.Fc1ccc(-n2c3ccccc3c3c4[nH]c5ccccc5c4c4c(c5ccccc5n4-c4ccc(F)cc4)c32)cc1. The van der Waals surface area contributed by atoms with Gasteiger partial charge in [0.15, 0.2) is 34.9 Å². The maximum absolute atomic E-state index is 14.7. The molecule has 620 valence electrons. The molecule has 0 aliphatic heterocycles. The molecular weight excluding hydrogens is 1690 g/mol. The predicted octanol–water partition coefficient (Wildman–Crippen LogP) is 29.9. The monoisotopic (exact) mass is 1760 g/mol. The Morgan fingerprint density at radius 2 is 0.389 bits per heavy atom. The molecule has 17 heteroatoms. The van der Waals surface area contributed by atoms with Gasteiger partial charge in [0.1, 0.15) is 23.3 Å². The molecule has 1 N–H and O–H groups in total. The fourth-order valence-corrected chi connectivity index (χ4v) is 19.4. The maximum atomic E-state index is 14.7.